The summed E-state index contributed by atoms with van der Waals surface area (Å²) in [6, 6.07) is 0. The molecule has 0 spiro atoms. The van der Waals surface area contributed by atoms with Crippen LogP contribution in [0.4, 0.5) is 3.89 Å². The first-order chi connectivity index (χ1) is 4.33. The molecule has 0 saturated carbocycles. The average molecular weight is 210 g/mol. The van der Waals surface area contributed by atoms with Gasteiger partial charge >= 0.3 is 73.6 Å². The summed E-state index contributed by atoms with van der Waals surface area (Å²) in [5.41, 5.74) is 4.26. The summed E-state index contributed by atoms with van der Waals surface area (Å²) in [6.07, 6.45) is 0. The number of hydrogen-bond donors (Lipinski definition) is 2. The van der Waals surface area contributed by atoms with E-state index in [2.05, 4.69) is 5.73 Å². The third-order valence-corrected chi connectivity index (χ3v) is 0.868. The van der Waals surface area contributed by atoms with E-state index in [1.807, 2.05) is 0 Å². The van der Waals surface area contributed by atoms with E-state index in [0.717, 1.165) is 0 Å². The summed E-state index contributed by atoms with van der Waals surface area (Å²) >= 11 is 0. The Morgan fingerprint density at radius 2 is 1.73 bits per heavy atom. The normalized spacial score (nSPS) is 9.55. The zero-order valence-electron chi connectivity index (χ0n) is 4.50. The molecule has 6 nitrogen and oxygen atoms in total. The predicted octanol–water partition coefficient (Wildman–Crippen LogP) is -2.85. The van der Waals surface area contributed by atoms with Crippen LogP contribution >= 0.6 is 0 Å². The third-order valence-electron chi connectivity index (χ3n) is 0.438. The average Bonchev–Trinajstić information content (AvgIpc) is 1.60. The molecule has 0 atom stereocenters. The number of carbonyl (C=O) groups is 2. The van der Waals surface area contributed by atoms with Gasteiger partial charge in [-0.3, -0.25) is 9.59 Å². The van der Waals surface area contributed by atoms with E-state index in [-0.39, 0.29) is 51.4 Å². The molecule has 0 aromatic carbocycles. The molecule has 0 aliphatic rings. The molecule has 0 aromatic rings. The number of nitrogens with one attached hydrogen (secondary N) is 1. The van der Waals surface area contributed by atoms with Gasteiger partial charge in [0.25, 0.3) is 0 Å². The molecule has 0 fully saturated rings. The van der Waals surface area contributed by atoms with Crippen LogP contribution in [0.5, 0.6) is 0 Å². The maximum absolute atomic E-state index is 11.4. The van der Waals surface area contributed by atoms with Gasteiger partial charge in [0, 0.05) is 0 Å². The minimum absolute atomic E-state index is 0. The molecule has 2 amide bonds. The van der Waals surface area contributed by atoms with Crippen LogP contribution in [0.25, 0.3) is 0 Å². The fraction of sp³-hybridized carbons (Fsp3) is 0. The number of rotatable bonds is 1. The Morgan fingerprint density at radius 3 is 1.82 bits per heavy atom. The Kier molecular flexibility index (Phi) is 6.58. The van der Waals surface area contributed by atoms with Gasteiger partial charge in [0.1, 0.15) is 0 Å². The molecule has 11 heavy (non-hydrogen) atoms. The number of amides is 2. The van der Waals surface area contributed by atoms with Crippen LogP contribution in [0.2, 0.25) is 0 Å². The van der Waals surface area contributed by atoms with Crippen LogP contribution in [0.3, 0.4) is 0 Å². The van der Waals surface area contributed by atoms with Gasteiger partial charge < -0.3 is 5.73 Å². The van der Waals surface area contributed by atoms with E-state index in [1.165, 1.54) is 0 Å². The van der Waals surface area contributed by atoms with Crippen molar-refractivity contribution in [2.75, 3.05) is 0 Å². The van der Waals surface area contributed by atoms with E-state index >= 15 is 0 Å². The van der Waals surface area contributed by atoms with Crippen molar-refractivity contribution in [3.63, 3.8) is 0 Å². The molecule has 0 rings (SSSR count). The van der Waals surface area contributed by atoms with Crippen molar-refractivity contribution >= 4 is 73.6 Å². The van der Waals surface area contributed by atoms with Crippen LogP contribution < -0.4 is 10.5 Å². The SMILES string of the molecule is NC(=O)C(=O)NS(=O)(=O)F.[KH]. The van der Waals surface area contributed by atoms with Gasteiger partial charge in [0.15, 0.2) is 0 Å². The van der Waals surface area contributed by atoms with E-state index in [1.54, 1.807) is 0 Å². The summed E-state index contributed by atoms with van der Waals surface area (Å²) in [6.45, 7) is 0. The summed E-state index contributed by atoms with van der Waals surface area (Å²) in [5.74, 6) is -3.27. The Morgan fingerprint density at radius 1 is 1.36 bits per heavy atom. The molecule has 0 heterocycles. The third kappa shape index (κ3) is 8.36. The molecule has 0 radical (unpaired) electrons. The van der Waals surface area contributed by atoms with E-state index < -0.39 is 22.2 Å². The van der Waals surface area contributed by atoms with Crippen molar-refractivity contribution in [1.29, 1.82) is 0 Å². The summed E-state index contributed by atoms with van der Waals surface area (Å²) in [7, 11) is -5.17. The van der Waals surface area contributed by atoms with Crippen molar-refractivity contribution in [3.8, 4) is 0 Å². The van der Waals surface area contributed by atoms with Crippen molar-refractivity contribution in [3.05, 3.63) is 0 Å². The molecule has 60 valence electrons. The second-order valence-electron chi connectivity index (χ2n) is 1.23. The van der Waals surface area contributed by atoms with Crippen molar-refractivity contribution < 1.29 is 21.9 Å². The van der Waals surface area contributed by atoms with Crippen LogP contribution in [0.15, 0.2) is 0 Å². The molecule has 0 unspecified atom stereocenters. The first kappa shape index (κ1) is 14.0. The number of carbonyl (C=O) groups excluding carboxylic acids is 2. The monoisotopic (exact) mass is 210 g/mol. The fourth-order valence-corrected chi connectivity index (χ4v) is 0.483. The minimum atomic E-state index is -5.17. The second-order valence-corrected chi connectivity index (χ2v) is 2.31. The zero-order valence-corrected chi connectivity index (χ0v) is 5.31. The van der Waals surface area contributed by atoms with Gasteiger partial charge in [0.05, 0.1) is 0 Å². The summed E-state index contributed by atoms with van der Waals surface area (Å²) < 4.78 is 31.2. The molecule has 9 heteroatoms. The first-order valence-corrected chi connectivity index (χ1v) is 3.27. The Labute approximate surface area is 104 Å². The van der Waals surface area contributed by atoms with Crippen LogP contribution in [0.1, 0.15) is 0 Å². The molecular weight excluding hydrogens is 206 g/mol. The molecule has 3 N–H and O–H groups in total. The number of halogens is 1. The van der Waals surface area contributed by atoms with E-state index in [4.69, 9.17) is 0 Å². The van der Waals surface area contributed by atoms with Crippen molar-refractivity contribution in [2.24, 2.45) is 5.73 Å². The molecular formula is C2H4FKN2O4S. The van der Waals surface area contributed by atoms with Crippen LogP contribution in [-0.4, -0.2) is 71.6 Å². The van der Waals surface area contributed by atoms with E-state index in [9.17, 15) is 21.9 Å². The Balaban J connectivity index is 0. The van der Waals surface area contributed by atoms with Gasteiger partial charge in [-0.1, -0.05) is 3.89 Å². The van der Waals surface area contributed by atoms with Gasteiger partial charge in [-0.05, 0) is 0 Å². The fourth-order valence-electron chi connectivity index (χ4n) is 0.161. The van der Waals surface area contributed by atoms with Gasteiger partial charge in [-0.25, -0.2) is 4.72 Å². The van der Waals surface area contributed by atoms with E-state index in [0.29, 0.717) is 4.72 Å². The molecule has 0 bridgehead atoms. The van der Waals surface area contributed by atoms with Gasteiger partial charge in [-0.15, -0.1) is 0 Å². The number of nitrogens with two attached hydrogens (primary N) is 1. The summed E-state index contributed by atoms with van der Waals surface area (Å²) in [5, 5.41) is 0. The Hall–Kier alpha value is 0.456. The molecule has 0 aliphatic carbocycles. The maximum atomic E-state index is 11.4. The zero-order chi connectivity index (χ0) is 8.36. The summed E-state index contributed by atoms with van der Waals surface area (Å²) in [4.78, 5) is 19.7. The van der Waals surface area contributed by atoms with Crippen LogP contribution in [0, 0.1) is 0 Å². The van der Waals surface area contributed by atoms with Crippen molar-refractivity contribution in [1.82, 2.24) is 4.72 Å². The van der Waals surface area contributed by atoms with Crippen molar-refractivity contribution in [2.45, 2.75) is 0 Å². The second kappa shape index (κ2) is 5.16. The molecule has 0 aliphatic heterocycles. The number of hydrogen-bond acceptors (Lipinski definition) is 4. The Bertz CT molecular complexity index is 261. The van der Waals surface area contributed by atoms with Gasteiger partial charge in [0.2, 0.25) is 0 Å². The number of primary amides is 1. The standard InChI is InChI=1S/C2H3FN2O4S.K.H/c3-10(8,9)5-2(7)1(4)6;;/h(H2,4,6)(H,5,7);;. The van der Waals surface area contributed by atoms with Crippen LogP contribution in [-0.2, 0) is 20.0 Å². The van der Waals surface area contributed by atoms with Gasteiger partial charge in [-0.2, -0.15) is 8.42 Å². The quantitative estimate of drug-likeness (QED) is 0.276. The topological polar surface area (TPSA) is 106 Å². The predicted molar refractivity (Wildman–Crippen MR) is 34.5 cm³/mol. The molecule has 0 aromatic heterocycles. The molecule has 0 saturated heterocycles. The first-order valence-electron chi connectivity index (χ1n) is 1.89.